The van der Waals surface area contributed by atoms with E-state index in [0.29, 0.717) is 35.8 Å². The fourth-order valence-electron chi connectivity index (χ4n) is 3.15. The van der Waals surface area contributed by atoms with E-state index in [-0.39, 0.29) is 18.6 Å². The maximum absolute atomic E-state index is 12.4. The predicted molar refractivity (Wildman–Crippen MR) is 140 cm³/mol. The molecule has 12 nitrogen and oxygen atoms in total. The Hall–Kier alpha value is -3.84. The summed E-state index contributed by atoms with van der Waals surface area (Å²) in [5, 5.41) is 46.7. The molecule has 2 rings (SSSR count). The molecule has 0 saturated heterocycles. The molecule has 12 heteroatoms. The van der Waals surface area contributed by atoms with Gasteiger partial charge in [0.15, 0.2) is 0 Å². The van der Waals surface area contributed by atoms with E-state index in [2.05, 4.69) is 21.1 Å². The molecule has 0 unspecified atom stereocenters. The summed E-state index contributed by atoms with van der Waals surface area (Å²) in [4.78, 5) is 24.6. The van der Waals surface area contributed by atoms with Crippen LogP contribution in [-0.4, -0.2) is 82.3 Å². The number of nitrogens with zero attached hydrogens (tertiary/aromatic N) is 2. The van der Waals surface area contributed by atoms with Crippen molar-refractivity contribution in [3.05, 3.63) is 59.7 Å². The predicted octanol–water partition coefficient (Wildman–Crippen LogP) is -0.0816. The summed E-state index contributed by atoms with van der Waals surface area (Å²) >= 11 is 0. The Labute approximate surface area is 220 Å². The fourth-order valence-corrected chi connectivity index (χ4v) is 3.15. The zero-order valence-electron chi connectivity index (χ0n) is 21.3. The minimum Gasteiger partial charge on any atom is -0.494 e. The van der Waals surface area contributed by atoms with Crippen molar-refractivity contribution in [2.24, 2.45) is 10.2 Å². The molecule has 206 valence electrons. The molecule has 0 aromatic heterocycles. The molecule has 3 atom stereocenters. The van der Waals surface area contributed by atoms with Gasteiger partial charge in [0.25, 0.3) is 0 Å². The van der Waals surface area contributed by atoms with Gasteiger partial charge in [0.1, 0.15) is 35.5 Å². The van der Waals surface area contributed by atoms with Gasteiger partial charge in [-0.3, -0.25) is 9.59 Å². The number of rotatable bonds is 15. The van der Waals surface area contributed by atoms with Gasteiger partial charge < -0.3 is 29.9 Å². The molecule has 0 aliphatic heterocycles. The van der Waals surface area contributed by atoms with E-state index < -0.39 is 36.7 Å². The molecule has 2 amide bonds. The number of carbonyl (C=O) groups excluding carboxylic acids is 2. The lowest BCUT2D eigenvalue weighted by Crippen LogP contribution is -2.45. The molecule has 0 saturated carbocycles. The minimum atomic E-state index is -1.84. The number of aliphatic hydroxyl groups is 4. The van der Waals surface area contributed by atoms with Crippen LogP contribution < -0.4 is 20.3 Å². The van der Waals surface area contributed by atoms with E-state index in [1.807, 2.05) is 13.8 Å². The Kier molecular flexibility index (Phi) is 12.9. The van der Waals surface area contributed by atoms with Gasteiger partial charge in [0.05, 0.1) is 38.9 Å². The molecule has 0 fully saturated rings. The second kappa shape index (κ2) is 16.1. The number of aliphatic hydroxyl groups excluding tert-OH is 4. The molecule has 38 heavy (non-hydrogen) atoms. The Morgan fingerprint density at radius 2 is 1.32 bits per heavy atom. The first-order chi connectivity index (χ1) is 18.3. The number of nitrogens with one attached hydrogen (secondary N) is 2. The second-order valence-electron chi connectivity index (χ2n) is 8.06. The quantitative estimate of drug-likeness (QED) is 0.136. The van der Waals surface area contributed by atoms with Gasteiger partial charge in [-0.05, 0) is 49.2 Å². The van der Waals surface area contributed by atoms with Gasteiger partial charge in [-0.2, -0.15) is 10.2 Å². The molecule has 0 heterocycles. The molecule has 2 aromatic carbocycles. The highest BCUT2D eigenvalue weighted by Crippen LogP contribution is 2.13. The van der Waals surface area contributed by atoms with E-state index in [9.17, 15) is 24.9 Å². The van der Waals surface area contributed by atoms with Crippen LogP contribution in [0.3, 0.4) is 0 Å². The monoisotopic (exact) mass is 530 g/mol. The van der Waals surface area contributed by atoms with Crippen LogP contribution in [0, 0.1) is 0 Å². The third-order valence-corrected chi connectivity index (χ3v) is 5.10. The SMILES string of the molecule is CCOc1ccc(CC(=O)N/N=C(/C=N/NC(=O)Cc2ccc(OCC)cc2)[C@H](O)[C@H](O)[C@@H](O)CO)cc1. The van der Waals surface area contributed by atoms with Crippen molar-refractivity contribution in [2.45, 2.75) is 45.0 Å². The molecule has 2 aromatic rings. The topological polar surface area (TPSA) is 182 Å². The number of ether oxygens (including phenoxy) is 2. The van der Waals surface area contributed by atoms with Gasteiger partial charge in [-0.25, -0.2) is 10.9 Å². The number of amides is 2. The van der Waals surface area contributed by atoms with E-state index in [1.165, 1.54) is 0 Å². The van der Waals surface area contributed by atoms with Crippen LogP contribution >= 0.6 is 0 Å². The number of benzene rings is 2. The third kappa shape index (κ3) is 10.3. The van der Waals surface area contributed by atoms with Gasteiger partial charge in [-0.15, -0.1) is 0 Å². The zero-order valence-corrected chi connectivity index (χ0v) is 21.3. The van der Waals surface area contributed by atoms with Crippen LogP contribution in [0.15, 0.2) is 58.7 Å². The maximum atomic E-state index is 12.4. The first-order valence-electron chi connectivity index (χ1n) is 12.0. The van der Waals surface area contributed by atoms with E-state index in [0.717, 1.165) is 6.21 Å². The van der Waals surface area contributed by atoms with Crippen LogP contribution in [-0.2, 0) is 22.4 Å². The van der Waals surface area contributed by atoms with Crippen LogP contribution in [0.2, 0.25) is 0 Å². The summed E-state index contributed by atoms with van der Waals surface area (Å²) in [6.45, 7) is 3.94. The van der Waals surface area contributed by atoms with Crippen molar-refractivity contribution in [1.29, 1.82) is 0 Å². The zero-order chi connectivity index (χ0) is 27.9. The highest BCUT2D eigenvalue weighted by molar-refractivity contribution is 6.32. The number of hydrogen-bond acceptors (Lipinski definition) is 10. The van der Waals surface area contributed by atoms with Crippen molar-refractivity contribution >= 4 is 23.7 Å². The number of hydrogen-bond donors (Lipinski definition) is 6. The van der Waals surface area contributed by atoms with Gasteiger partial charge >= 0.3 is 0 Å². The molecular formula is C26H34N4O8. The summed E-state index contributed by atoms with van der Waals surface area (Å²) in [5.41, 5.74) is 5.53. The summed E-state index contributed by atoms with van der Waals surface area (Å²) in [6.07, 6.45) is -4.48. The molecule has 0 spiro atoms. The van der Waals surface area contributed by atoms with Crippen LogP contribution in [0.25, 0.3) is 0 Å². The van der Waals surface area contributed by atoms with Crippen molar-refractivity contribution in [3.63, 3.8) is 0 Å². The normalized spacial score (nSPS) is 14.0. The van der Waals surface area contributed by atoms with Crippen LogP contribution in [0.1, 0.15) is 25.0 Å². The van der Waals surface area contributed by atoms with E-state index in [4.69, 9.17) is 14.6 Å². The highest BCUT2D eigenvalue weighted by Gasteiger charge is 2.28. The average molecular weight is 531 g/mol. The van der Waals surface area contributed by atoms with Crippen molar-refractivity contribution in [2.75, 3.05) is 19.8 Å². The molecule has 0 radical (unpaired) electrons. The average Bonchev–Trinajstić information content (AvgIpc) is 2.91. The van der Waals surface area contributed by atoms with E-state index in [1.54, 1.807) is 48.5 Å². The Balaban J connectivity index is 2.04. The summed E-state index contributed by atoms with van der Waals surface area (Å²) in [6, 6.07) is 13.8. The third-order valence-electron chi connectivity index (χ3n) is 5.10. The van der Waals surface area contributed by atoms with Crippen LogP contribution in [0.4, 0.5) is 0 Å². The first-order valence-corrected chi connectivity index (χ1v) is 12.0. The second-order valence-corrected chi connectivity index (χ2v) is 8.06. The molecule has 0 aliphatic carbocycles. The summed E-state index contributed by atoms with van der Waals surface area (Å²) in [7, 11) is 0. The summed E-state index contributed by atoms with van der Waals surface area (Å²) < 4.78 is 10.7. The fraction of sp³-hybridized carbons (Fsp3) is 0.385. The lowest BCUT2D eigenvalue weighted by molar-refractivity contribution is -0.121. The maximum Gasteiger partial charge on any atom is 0.244 e. The lowest BCUT2D eigenvalue weighted by Gasteiger charge is -2.21. The largest absolute Gasteiger partial charge is 0.494 e. The highest BCUT2D eigenvalue weighted by atomic mass is 16.5. The molecular weight excluding hydrogens is 496 g/mol. The van der Waals surface area contributed by atoms with Gasteiger partial charge in [-0.1, -0.05) is 24.3 Å². The van der Waals surface area contributed by atoms with Gasteiger partial charge in [0.2, 0.25) is 11.8 Å². The number of carbonyl (C=O) groups is 2. The first kappa shape index (κ1) is 30.4. The van der Waals surface area contributed by atoms with Crippen molar-refractivity contribution in [3.8, 4) is 11.5 Å². The minimum absolute atomic E-state index is 0.00342. The van der Waals surface area contributed by atoms with Gasteiger partial charge in [0, 0.05) is 0 Å². The molecule has 0 bridgehead atoms. The van der Waals surface area contributed by atoms with Crippen molar-refractivity contribution in [1.82, 2.24) is 10.9 Å². The lowest BCUT2D eigenvalue weighted by atomic mass is 10.0. The van der Waals surface area contributed by atoms with Crippen LogP contribution in [0.5, 0.6) is 11.5 Å². The number of hydrazone groups is 2. The Bertz CT molecular complexity index is 1070. The standard InChI is InChI=1S/C26H34N4O8/c1-3-37-19-9-5-17(6-10-19)13-23(33)29-27-15-21(25(35)26(36)22(32)16-31)28-30-24(34)14-18-7-11-20(12-8-18)38-4-2/h5-12,15,22,25-26,31-32,35-36H,3-4,13-14,16H2,1-2H3,(H,29,33)(H,30,34)/b27-15+,28-21-/t22-,25-,26+/m0/s1. The smallest absolute Gasteiger partial charge is 0.244 e. The Morgan fingerprint density at radius 1 is 0.842 bits per heavy atom. The molecule has 0 aliphatic rings. The molecule has 6 N–H and O–H groups in total. The van der Waals surface area contributed by atoms with E-state index >= 15 is 0 Å². The van der Waals surface area contributed by atoms with Crippen molar-refractivity contribution < 1.29 is 39.5 Å². The summed E-state index contributed by atoms with van der Waals surface area (Å²) in [5.74, 6) is 0.328. The Morgan fingerprint density at radius 3 is 1.76 bits per heavy atom.